The minimum absolute atomic E-state index is 0.00237. The number of aryl methyl sites for hydroxylation is 2. The molecule has 0 saturated heterocycles. The van der Waals surface area contributed by atoms with Crippen LogP contribution >= 0.6 is 0 Å². The van der Waals surface area contributed by atoms with Gasteiger partial charge in [0.15, 0.2) is 6.61 Å². The molecule has 3 aromatic rings. The lowest BCUT2D eigenvalue weighted by molar-refractivity contribution is -0.119. The number of carbonyl (C=O) groups is 1. The van der Waals surface area contributed by atoms with Crippen molar-refractivity contribution in [3.8, 4) is 5.75 Å². The SMILES string of the molecule is Cc1ccc(C)c(N(C(=O)COc2ccc(C(C)(C)C)cc2)S(=O)(=O)c2ccccc2)c1. The number of rotatable bonds is 6. The summed E-state index contributed by atoms with van der Waals surface area (Å²) >= 11 is 0. The van der Waals surface area contributed by atoms with Crippen molar-refractivity contribution in [2.45, 2.75) is 44.9 Å². The molecule has 0 heterocycles. The molecule has 0 aliphatic heterocycles. The second-order valence-corrected chi connectivity index (χ2v) is 10.6. The number of benzene rings is 3. The van der Waals surface area contributed by atoms with E-state index in [4.69, 9.17) is 4.74 Å². The summed E-state index contributed by atoms with van der Waals surface area (Å²) in [5, 5.41) is 0. The third kappa shape index (κ3) is 5.19. The predicted molar refractivity (Wildman–Crippen MR) is 128 cm³/mol. The van der Waals surface area contributed by atoms with Crippen LogP contribution in [0.3, 0.4) is 0 Å². The number of sulfonamides is 1. The van der Waals surface area contributed by atoms with Crippen molar-refractivity contribution in [1.82, 2.24) is 0 Å². The quantitative estimate of drug-likeness (QED) is 0.503. The molecule has 3 aromatic carbocycles. The zero-order chi connectivity index (χ0) is 23.5. The Morgan fingerprint density at radius 1 is 0.906 bits per heavy atom. The Kier molecular flexibility index (Phi) is 6.74. The van der Waals surface area contributed by atoms with Crippen molar-refractivity contribution in [2.75, 3.05) is 10.9 Å². The van der Waals surface area contributed by atoms with Crippen LogP contribution in [0.5, 0.6) is 5.75 Å². The summed E-state index contributed by atoms with van der Waals surface area (Å²) in [6, 6.07) is 20.8. The summed E-state index contributed by atoms with van der Waals surface area (Å²) in [5.74, 6) is -0.160. The highest BCUT2D eigenvalue weighted by atomic mass is 32.2. The van der Waals surface area contributed by atoms with Gasteiger partial charge in [-0.25, -0.2) is 8.42 Å². The molecule has 32 heavy (non-hydrogen) atoms. The fraction of sp³-hybridized carbons (Fsp3) is 0.269. The average molecular weight is 452 g/mol. The van der Waals surface area contributed by atoms with Crippen LogP contribution in [-0.2, 0) is 20.2 Å². The Morgan fingerprint density at radius 3 is 2.12 bits per heavy atom. The van der Waals surface area contributed by atoms with Crippen LogP contribution in [0.4, 0.5) is 5.69 Å². The maximum atomic E-state index is 13.5. The lowest BCUT2D eigenvalue weighted by atomic mass is 9.87. The zero-order valence-corrected chi connectivity index (χ0v) is 19.9. The molecule has 0 unspecified atom stereocenters. The highest BCUT2D eigenvalue weighted by molar-refractivity contribution is 7.93. The summed E-state index contributed by atoms with van der Waals surface area (Å²) in [7, 11) is -4.12. The maximum absolute atomic E-state index is 13.5. The van der Waals surface area contributed by atoms with Crippen LogP contribution in [-0.4, -0.2) is 20.9 Å². The van der Waals surface area contributed by atoms with E-state index in [1.807, 2.05) is 25.1 Å². The van der Waals surface area contributed by atoms with Crippen molar-refractivity contribution in [3.63, 3.8) is 0 Å². The minimum atomic E-state index is -4.12. The van der Waals surface area contributed by atoms with Gasteiger partial charge >= 0.3 is 0 Å². The number of amides is 1. The Hall–Kier alpha value is -3.12. The molecule has 6 heteroatoms. The molecule has 0 fully saturated rings. The summed E-state index contributed by atoms with van der Waals surface area (Å²) in [4.78, 5) is 13.3. The molecule has 3 rings (SSSR count). The number of hydrogen-bond acceptors (Lipinski definition) is 4. The topological polar surface area (TPSA) is 63.7 Å². The largest absolute Gasteiger partial charge is 0.484 e. The first kappa shape index (κ1) is 23.5. The third-order valence-electron chi connectivity index (χ3n) is 5.17. The van der Waals surface area contributed by atoms with Gasteiger partial charge in [-0.3, -0.25) is 4.79 Å². The van der Waals surface area contributed by atoms with E-state index in [-0.39, 0.29) is 10.3 Å². The summed E-state index contributed by atoms with van der Waals surface area (Å²) in [6.45, 7) is 9.57. The van der Waals surface area contributed by atoms with Crippen LogP contribution in [0.15, 0.2) is 77.7 Å². The minimum Gasteiger partial charge on any atom is -0.484 e. The van der Waals surface area contributed by atoms with Gasteiger partial charge in [0.2, 0.25) is 0 Å². The van der Waals surface area contributed by atoms with Crippen molar-refractivity contribution in [3.05, 3.63) is 89.5 Å². The van der Waals surface area contributed by atoms with E-state index in [1.165, 1.54) is 12.1 Å². The van der Waals surface area contributed by atoms with Gasteiger partial charge in [0.05, 0.1) is 10.6 Å². The lowest BCUT2D eigenvalue weighted by Crippen LogP contribution is -2.40. The Balaban J connectivity index is 1.93. The van der Waals surface area contributed by atoms with E-state index >= 15 is 0 Å². The van der Waals surface area contributed by atoms with E-state index in [9.17, 15) is 13.2 Å². The zero-order valence-electron chi connectivity index (χ0n) is 19.1. The number of carbonyl (C=O) groups excluding carboxylic acids is 1. The first-order chi connectivity index (χ1) is 15.0. The Morgan fingerprint density at radius 2 is 1.53 bits per heavy atom. The molecular weight excluding hydrogens is 422 g/mol. The molecule has 0 saturated carbocycles. The van der Waals surface area contributed by atoms with Crippen molar-refractivity contribution >= 4 is 21.6 Å². The second-order valence-electron chi connectivity index (χ2n) is 8.83. The van der Waals surface area contributed by atoms with Gasteiger partial charge in [-0.2, -0.15) is 4.31 Å². The maximum Gasteiger partial charge on any atom is 0.278 e. The summed E-state index contributed by atoms with van der Waals surface area (Å²) in [6.07, 6.45) is 0. The van der Waals surface area contributed by atoms with E-state index < -0.39 is 22.5 Å². The molecule has 5 nitrogen and oxygen atoms in total. The van der Waals surface area contributed by atoms with E-state index in [2.05, 4.69) is 20.8 Å². The molecule has 0 radical (unpaired) electrons. The van der Waals surface area contributed by atoms with Crippen LogP contribution in [0.2, 0.25) is 0 Å². The number of hydrogen-bond donors (Lipinski definition) is 0. The van der Waals surface area contributed by atoms with Gasteiger partial charge in [-0.15, -0.1) is 0 Å². The molecule has 0 atom stereocenters. The van der Waals surface area contributed by atoms with E-state index in [0.29, 0.717) is 17.0 Å². The molecule has 0 aliphatic carbocycles. The molecule has 0 aliphatic rings. The fourth-order valence-electron chi connectivity index (χ4n) is 3.29. The van der Waals surface area contributed by atoms with E-state index in [1.54, 1.807) is 49.4 Å². The van der Waals surface area contributed by atoms with Crippen molar-refractivity contribution in [2.24, 2.45) is 0 Å². The van der Waals surface area contributed by atoms with Crippen LogP contribution in [0, 0.1) is 13.8 Å². The highest BCUT2D eigenvalue weighted by Crippen LogP contribution is 2.29. The van der Waals surface area contributed by atoms with E-state index in [0.717, 1.165) is 15.4 Å². The molecule has 0 spiro atoms. The molecular formula is C26H29NO4S. The van der Waals surface area contributed by atoms with Crippen LogP contribution < -0.4 is 9.04 Å². The third-order valence-corrected chi connectivity index (χ3v) is 6.92. The molecule has 1 amide bonds. The molecule has 0 N–H and O–H groups in total. The Labute approximate surface area is 190 Å². The van der Waals surface area contributed by atoms with Gasteiger partial charge in [0, 0.05) is 0 Å². The Bertz CT molecular complexity index is 1190. The first-order valence-electron chi connectivity index (χ1n) is 10.4. The number of anilines is 1. The smallest absolute Gasteiger partial charge is 0.278 e. The number of ether oxygens (including phenoxy) is 1. The average Bonchev–Trinajstić information content (AvgIpc) is 2.75. The molecule has 0 bridgehead atoms. The normalized spacial score (nSPS) is 11.8. The summed E-state index contributed by atoms with van der Waals surface area (Å²) in [5.41, 5.74) is 2.99. The van der Waals surface area contributed by atoms with Crippen LogP contribution in [0.25, 0.3) is 0 Å². The lowest BCUT2D eigenvalue weighted by Gasteiger charge is -2.25. The molecule has 168 valence electrons. The van der Waals surface area contributed by atoms with Gasteiger partial charge < -0.3 is 4.74 Å². The molecule has 0 aromatic heterocycles. The second kappa shape index (κ2) is 9.17. The number of nitrogens with zero attached hydrogens (tertiary/aromatic N) is 1. The van der Waals surface area contributed by atoms with Crippen LogP contribution in [0.1, 0.15) is 37.5 Å². The predicted octanol–water partition coefficient (Wildman–Crippen LogP) is 5.40. The first-order valence-corrected chi connectivity index (χ1v) is 11.9. The van der Waals surface area contributed by atoms with Crippen molar-refractivity contribution in [1.29, 1.82) is 0 Å². The summed E-state index contributed by atoms with van der Waals surface area (Å²) < 4.78 is 33.4. The monoisotopic (exact) mass is 451 g/mol. The highest BCUT2D eigenvalue weighted by Gasteiger charge is 2.32. The van der Waals surface area contributed by atoms with Gasteiger partial charge in [-0.1, -0.05) is 63.2 Å². The van der Waals surface area contributed by atoms with Gasteiger partial charge in [-0.05, 0) is 66.3 Å². The fourth-order valence-corrected chi connectivity index (χ4v) is 4.78. The van der Waals surface area contributed by atoms with Gasteiger partial charge in [0.1, 0.15) is 5.75 Å². The standard InChI is InChI=1S/C26H29NO4S/c1-19-11-12-20(2)24(17-19)27(32(29,30)23-9-7-6-8-10-23)25(28)18-31-22-15-13-21(14-16-22)26(3,4)5/h6-17H,18H2,1-5H3. The van der Waals surface area contributed by atoms with Crippen molar-refractivity contribution < 1.29 is 17.9 Å². The van der Waals surface area contributed by atoms with Gasteiger partial charge in [0.25, 0.3) is 15.9 Å².